The predicted octanol–water partition coefficient (Wildman–Crippen LogP) is 4.86. The Morgan fingerprint density at radius 2 is 2.09 bits per heavy atom. The summed E-state index contributed by atoms with van der Waals surface area (Å²) >= 11 is 6.30. The fourth-order valence-corrected chi connectivity index (χ4v) is 4.50. The number of hydrogen-bond acceptors (Lipinski definition) is 6. The number of halogens is 1. The molecule has 7 nitrogen and oxygen atoms in total. The number of nitrogens with one attached hydrogen (secondary N) is 1. The molecular weight excluding hydrogens is 426 g/mol. The summed E-state index contributed by atoms with van der Waals surface area (Å²) in [5.41, 5.74) is 9.69. The molecule has 1 saturated heterocycles. The molecule has 1 aliphatic rings. The van der Waals surface area contributed by atoms with Crippen molar-refractivity contribution in [3.63, 3.8) is 0 Å². The summed E-state index contributed by atoms with van der Waals surface area (Å²) in [5, 5.41) is 9.57. The van der Waals surface area contributed by atoms with Crippen molar-refractivity contribution in [1.29, 1.82) is 0 Å². The Morgan fingerprint density at radius 3 is 2.91 bits per heavy atom. The number of fused-ring (bicyclic) bond motifs is 1. The molecule has 0 aliphatic carbocycles. The highest BCUT2D eigenvalue weighted by Crippen LogP contribution is 2.38. The van der Waals surface area contributed by atoms with Crippen LogP contribution in [-0.2, 0) is 6.42 Å². The number of pyridine rings is 1. The average Bonchev–Trinajstić information content (AvgIpc) is 3.45. The van der Waals surface area contributed by atoms with Crippen molar-refractivity contribution in [2.45, 2.75) is 38.3 Å². The van der Waals surface area contributed by atoms with E-state index < -0.39 is 0 Å². The molecule has 1 aliphatic heterocycles. The SMILES string of the molecule is CC(Cc1ccccc1Cl)Oc1c(N)ncc2c(-c3cnn(C4CCNCC4)c3)coc12. The molecule has 1 aromatic carbocycles. The van der Waals surface area contributed by atoms with E-state index in [2.05, 4.69) is 26.3 Å². The zero-order valence-corrected chi connectivity index (χ0v) is 18.7. The van der Waals surface area contributed by atoms with Crippen LogP contribution in [0.15, 0.2) is 53.5 Å². The molecule has 3 aromatic heterocycles. The Balaban J connectivity index is 1.41. The van der Waals surface area contributed by atoms with Crippen molar-refractivity contribution in [1.82, 2.24) is 20.1 Å². The number of benzene rings is 1. The molecule has 0 amide bonds. The Bertz CT molecular complexity index is 1230. The highest BCUT2D eigenvalue weighted by Gasteiger charge is 2.21. The molecule has 1 unspecified atom stereocenters. The molecule has 0 saturated carbocycles. The van der Waals surface area contributed by atoms with Gasteiger partial charge in [-0.15, -0.1) is 0 Å². The summed E-state index contributed by atoms with van der Waals surface area (Å²) in [6, 6.07) is 8.17. The molecule has 0 radical (unpaired) electrons. The van der Waals surface area contributed by atoms with Crippen LogP contribution >= 0.6 is 11.6 Å². The maximum Gasteiger partial charge on any atom is 0.205 e. The molecular formula is C24H26ClN5O2. The van der Waals surface area contributed by atoms with Crippen LogP contribution in [0.2, 0.25) is 5.02 Å². The van der Waals surface area contributed by atoms with Crippen molar-refractivity contribution in [3.05, 3.63) is 59.7 Å². The Morgan fingerprint density at radius 1 is 1.28 bits per heavy atom. The third-order valence-electron chi connectivity index (χ3n) is 5.98. The van der Waals surface area contributed by atoms with E-state index in [0.29, 0.717) is 29.6 Å². The van der Waals surface area contributed by atoms with Crippen LogP contribution in [0, 0.1) is 0 Å². The average molecular weight is 452 g/mol. The smallest absolute Gasteiger partial charge is 0.205 e. The molecule has 3 N–H and O–H groups in total. The molecule has 0 spiro atoms. The van der Waals surface area contributed by atoms with E-state index in [9.17, 15) is 0 Å². The van der Waals surface area contributed by atoms with E-state index in [1.54, 1.807) is 12.5 Å². The van der Waals surface area contributed by atoms with Gasteiger partial charge in [-0.3, -0.25) is 4.68 Å². The number of rotatable bonds is 6. The van der Waals surface area contributed by atoms with E-state index in [4.69, 9.17) is 26.5 Å². The van der Waals surface area contributed by atoms with Gasteiger partial charge in [-0.2, -0.15) is 5.10 Å². The monoisotopic (exact) mass is 451 g/mol. The van der Waals surface area contributed by atoms with E-state index in [0.717, 1.165) is 53.0 Å². The van der Waals surface area contributed by atoms with Gasteiger partial charge in [0.05, 0.1) is 17.6 Å². The fraction of sp³-hybridized carbons (Fsp3) is 0.333. The third kappa shape index (κ3) is 4.06. The molecule has 1 atom stereocenters. The summed E-state index contributed by atoms with van der Waals surface area (Å²) in [5.74, 6) is 0.758. The number of aromatic nitrogens is 3. The number of nitrogens with two attached hydrogens (primary N) is 1. The first-order valence-corrected chi connectivity index (χ1v) is 11.3. The van der Waals surface area contributed by atoms with Gasteiger partial charge in [0, 0.05) is 35.0 Å². The highest BCUT2D eigenvalue weighted by atomic mass is 35.5. The van der Waals surface area contributed by atoms with Crippen molar-refractivity contribution >= 4 is 28.4 Å². The second-order valence-corrected chi connectivity index (χ2v) is 8.69. The van der Waals surface area contributed by atoms with Gasteiger partial charge < -0.3 is 20.2 Å². The van der Waals surface area contributed by atoms with E-state index in [-0.39, 0.29) is 6.10 Å². The quantitative estimate of drug-likeness (QED) is 0.435. The Labute approximate surface area is 191 Å². The second kappa shape index (κ2) is 8.84. The minimum atomic E-state index is -0.166. The molecule has 166 valence electrons. The van der Waals surface area contributed by atoms with E-state index in [1.807, 2.05) is 37.4 Å². The largest absolute Gasteiger partial charge is 0.483 e. The second-order valence-electron chi connectivity index (χ2n) is 8.28. The van der Waals surface area contributed by atoms with Crippen LogP contribution < -0.4 is 15.8 Å². The minimum Gasteiger partial charge on any atom is -0.483 e. The zero-order valence-electron chi connectivity index (χ0n) is 17.9. The lowest BCUT2D eigenvalue weighted by Gasteiger charge is -2.22. The number of piperidine rings is 1. The van der Waals surface area contributed by atoms with Crippen LogP contribution in [0.5, 0.6) is 5.75 Å². The number of anilines is 1. The van der Waals surface area contributed by atoms with Gasteiger partial charge >= 0.3 is 0 Å². The molecule has 4 aromatic rings. The molecule has 8 heteroatoms. The summed E-state index contributed by atoms with van der Waals surface area (Å²) in [4.78, 5) is 4.37. The van der Waals surface area contributed by atoms with Gasteiger partial charge in [-0.1, -0.05) is 29.8 Å². The molecule has 1 fully saturated rings. The zero-order chi connectivity index (χ0) is 22.1. The number of hydrogen-bond donors (Lipinski definition) is 2. The van der Waals surface area contributed by atoms with Gasteiger partial charge in [0.15, 0.2) is 11.4 Å². The van der Waals surface area contributed by atoms with Crippen LogP contribution in [-0.4, -0.2) is 34.0 Å². The molecule has 5 rings (SSSR count). The Hall–Kier alpha value is -3.03. The highest BCUT2D eigenvalue weighted by molar-refractivity contribution is 6.31. The summed E-state index contributed by atoms with van der Waals surface area (Å²) in [7, 11) is 0. The summed E-state index contributed by atoms with van der Waals surface area (Å²) in [6.07, 6.45) is 10.0. The summed E-state index contributed by atoms with van der Waals surface area (Å²) in [6.45, 7) is 4.02. The third-order valence-corrected chi connectivity index (χ3v) is 6.35. The predicted molar refractivity (Wildman–Crippen MR) is 126 cm³/mol. The van der Waals surface area contributed by atoms with Crippen LogP contribution in [0.25, 0.3) is 22.1 Å². The van der Waals surface area contributed by atoms with Gasteiger partial charge in [0.25, 0.3) is 0 Å². The molecule has 32 heavy (non-hydrogen) atoms. The number of ether oxygens (including phenoxy) is 1. The number of nitrogen functional groups attached to an aromatic ring is 1. The molecule has 0 bridgehead atoms. The minimum absolute atomic E-state index is 0.166. The Kier molecular flexibility index (Phi) is 5.76. The lowest BCUT2D eigenvalue weighted by atomic mass is 10.1. The van der Waals surface area contributed by atoms with E-state index in [1.165, 1.54) is 0 Å². The van der Waals surface area contributed by atoms with Crippen molar-refractivity contribution < 1.29 is 9.15 Å². The number of furan rings is 1. The van der Waals surface area contributed by atoms with Crippen molar-refractivity contribution in [3.8, 4) is 16.9 Å². The van der Waals surface area contributed by atoms with Crippen LogP contribution in [0.3, 0.4) is 0 Å². The topological polar surface area (TPSA) is 91.1 Å². The summed E-state index contributed by atoms with van der Waals surface area (Å²) < 4.78 is 14.2. The maximum absolute atomic E-state index is 6.30. The van der Waals surface area contributed by atoms with Gasteiger partial charge in [-0.25, -0.2) is 4.98 Å². The fourth-order valence-electron chi connectivity index (χ4n) is 4.28. The number of nitrogens with zero attached hydrogens (tertiary/aromatic N) is 3. The first kappa shape index (κ1) is 20.8. The maximum atomic E-state index is 6.30. The van der Waals surface area contributed by atoms with Crippen molar-refractivity contribution in [2.75, 3.05) is 18.8 Å². The first-order chi connectivity index (χ1) is 15.6. The van der Waals surface area contributed by atoms with Crippen molar-refractivity contribution in [2.24, 2.45) is 0 Å². The van der Waals surface area contributed by atoms with Crippen LogP contribution in [0.4, 0.5) is 5.82 Å². The molecule has 4 heterocycles. The van der Waals surface area contributed by atoms with Crippen LogP contribution in [0.1, 0.15) is 31.4 Å². The first-order valence-electron chi connectivity index (χ1n) is 10.9. The van der Waals surface area contributed by atoms with Gasteiger partial charge in [-0.05, 0) is 44.5 Å². The lowest BCUT2D eigenvalue weighted by molar-refractivity contribution is 0.223. The normalized spacial score (nSPS) is 15.8. The standard InChI is InChI=1S/C24H26ClN5O2/c1-15(10-16-4-2-3-5-21(16)25)32-23-22-19(12-28-24(23)26)20(14-31-22)17-11-29-30(13-17)18-6-8-27-9-7-18/h2-5,11-15,18,27H,6-10H2,1H3,(H2,26,28). The van der Waals surface area contributed by atoms with Gasteiger partial charge in [0.2, 0.25) is 5.75 Å². The van der Waals surface area contributed by atoms with Gasteiger partial charge in [0.1, 0.15) is 12.4 Å². The lowest BCUT2D eigenvalue weighted by Crippen LogP contribution is -2.29. The van der Waals surface area contributed by atoms with E-state index >= 15 is 0 Å².